The van der Waals surface area contributed by atoms with E-state index in [4.69, 9.17) is 0 Å². The van der Waals surface area contributed by atoms with Crippen LogP contribution in [0.2, 0.25) is 0 Å². The third-order valence-electron chi connectivity index (χ3n) is 6.90. The van der Waals surface area contributed by atoms with E-state index >= 15 is 0 Å². The molecule has 3 heterocycles. The Hall–Kier alpha value is -2.58. The van der Waals surface area contributed by atoms with Crippen LogP contribution in [0.4, 0.5) is 0 Å². The summed E-state index contributed by atoms with van der Waals surface area (Å²) in [4.78, 5) is 53.8. The molecular weight excluding hydrogens is 396 g/mol. The van der Waals surface area contributed by atoms with E-state index in [1.807, 2.05) is 12.1 Å². The summed E-state index contributed by atoms with van der Waals surface area (Å²) in [6.07, 6.45) is 5.07. The topological polar surface area (TPSA) is 98.8 Å². The average Bonchev–Trinajstić information content (AvgIpc) is 3.55. The number of nitrogens with one attached hydrogen (secondary N) is 2. The van der Waals surface area contributed by atoms with E-state index in [0.29, 0.717) is 23.7 Å². The number of benzene rings is 1. The number of hydrogen-bond acceptors (Lipinski definition) is 6. The highest BCUT2D eigenvalue weighted by Gasteiger charge is 2.45. The molecule has 4 amide bonds. The molecule has 0 radical (unpaired) electrons. The fourth-order valence-electron chi connectivity index (χ4n) is 5.06. The van der Waals surface area contributed by atoms with Crippen LogP contribution in [0.3, 0.4) is 0 Å². The van der Waals surface area contributed by atoms with Gasteiger partial charge in [-0.15, -0.1) is 0 Å². The second-order valence-corrected chi connectivity index (χ2v) is 9.16. The van der Waals surface area contributed by atoms with Crippen LogP contribution in [0.5, 0.6) is 0 Å². The highest BCUT2D eigenvalue weighted by molar-refractivity contribution is 6.24. The molecule has 3 aliphatic heterocycles. The molecule has 3 fully saturated rings. The summed E-state index contributed by atoms with van der Waals surface area (Å²) >= 11 is 0. The first kappa shape index (κ1) is 20.3. The molecule has 2 saturated heterocycles. The summed E-state index contributed by atoms with van der Waals surface area (Å²) in [7, 11) is 0. The zero-order valence-corrected chi connectivity index (χ0v) is 17.6. The van der Waals surface area contributed by atoms with Crippen molar-refractivity contribution < 1.29 is 19.2 Å². The van der Waals surface area contributed by atoms with Gasteiger partial charge in [-0.3, -0.25) is 34.3 Å². The van der Waals surface area contributed by atoms with E-state index in [0.717, 1.165) is 48.9 Å². The Morgan fingerprint density at radius 1 is 1.03 bits per heavy atom. The molecule has 4 aliphatic rings. The minimum atomic E-state index is -0.928. The molecule has 8 nitrogen and oxygen atoms in total. The average molecular weight is 425 g/mol. The first-order valence-corrected chi connectivity index (χ1v) is 11.3. The quantitative estimate of drug-likeness (QED) is 0.663. The van der Waals surface area contributed by atoms with E-state index in [-0.39, 0.29) is 18.7 Å². The number of hydrogen-bond donors (Lipinski definition) is 2. The van der Waals surface area contributed by atoms with Crippen LogP contribution in [0, 0.1) is 5.92 Å². The smallest absolute Gasteiger partial charge is 0.262 e. The number of imide groups is 2. The normalized spacial score (nSPS) is 26.4. The maximum atomic E-state index is 13.4. The lowest BCUT2D eigenvalue weighted by molar-refractivity contribution is -0.136. The molecule has 0 aromatic heterocycles. The van der Waals surface area contributed by atoms with Crippen molar-refractivity contribution in [3.8, 4) is 0 Å². The molecule has 5 rings (SSSR count). The number of piperidine rings is 2. The number of nitrogens with zero attached hydrogens (tertiary/aromatic N) is 2. The lowest BCUT2D eigenvalue weighted by Crippen LogP contribution is -2.54. The van der Waals surface area contributed by atoms with Crippen molar-refractivity contribution in [2.75, 3.05) is 19.6 Å². The van der Waals surface area contributed by atoms with Gasteiger partial charge in [0.2, 0.25) is 11.8 Å². The predicted octanol–water partition coefficient (Wildman–Crippen LogP) is 1.05. The van der Waals surface area contributed by atoms with Crippen molar-refractivity contribution in [2.45, 2.75) is 57.2 Å². The Labute approximate surface area is 181 Å². The third-order valence-corrected chi connectivity index (χ3v) is 6.90. The molecule has 2 unspecified atom stereocenters. The first-order chi connectivity index (χ1) is 15.0. The van der Waals surface area contributed by atoms with E-state index in [2.05, 4.69) is 15.5 Å². The van der Waals surface area contributed by atoms with Crippen molar-refractivity contribution >= 4 is 23.6 Å². The Bertz CT molecular complexity index is 936. The predicted molar refractivity (Wildman–Crippen MR) is 112 cm³/mol. The molecule has 0 bridgehead atoms. The van der Waals surface area contributed by atoms with Gasteiger partial charge in [0, 0.05) is 32.1 Å². The van der Waals surface area contributed by atoms with Gasteiger partial charge >= 0.3 is 0 Å². The Balaban J connectivity index is 1.41. The summed E-state index contributed by atoms with van der Waals surface area (Å²) in [6, 6.07) is 4.90. The zero-order valence-electron chi connectivity index (χ0n) is 17.6. The minimum absolute atomic E-state index is 0.126. The summed E-state index contributed by atoms with van der Waals surface area (Å²) in [5.74, 6) is -1.08. The fraction of sp³-hybridized carbons (Fsp3) is 0.565. The van der Waals surface area contributed by atoms with Crippen LogP contribution >= 0.6 is 0 Å². The number of carbonyl (C=O) groups excluding carboxylic acids is 4. The SMILES string of the molecule is O=C1CCC(N2C(=O)c3cccc(CN(CC4CC4)C4CCCNC4)c3C2=O)C(=O)N1. The third kappa shape index (κ3) is 3.90. The largest absolute Gasteiger partial charge is 0.315 e. The van der Waals surface area contributed by atoms with Crippen molar-refractivity contribution in [1.82, 2.24) is 20.4 Å². The van der Waals surface area contributed by atoms with Gasteiger partial charge in [-0.2, -0.15) is 0 Å². The lowest BCUT2D eigenvalue weighted by Gasteiger charge is -2.35. The van der Waals surface area contributed by atoms with Gasteiger partial charge in [-0.05, 0) is 56.2 Å². The maximum Gasteiger partial charge on any atom is 0.262 e. The van der Waals surface area contributed by atoms with Crippen LogP contribution < -0.4 is 10.6 Å². The Morgan fingerprint density at radius 2 is 1.87 bits per heavy atom. The van der Waals surface area contributed by atoms with Gasteiger partial charge in [-0.25, -0.2) is 0 Å². The molecular formula is C23H28N4O4. The molecule has 0 spiro atoms. The number of fused-ring (bicyclic) bond motifs is 1. The van der Waals surface area contributed by atoms with Gasteiger partial charge in [-0.1, -0.05) is 12.1 Å². The molecule has 2 atom stereocenters. The van der Waals surface area contributed by atoms with Gasteiger partial charge in [0.25, 0.3) is 11.8 Å². The summed E-state index contributed by atoms with van der Waals surface area (Å²) in [5, 5.41) is 5.73. The molecule has 31 heavy (non-hydrogen) atoms. The highest BCUT2D eigenvalue weighted by Crippen LogP contribution is 2.34. The van der Waals surface area contributed by atoms with Gasteiger partial charge in [0.1, 0.15) is 6.04 Å². The van der Waals surface area contributed by atoms with Gasteiger partial charge in [0.05, 0.1) is 11.1 Å². The highest BCUT2D eigenvalue weighted by atomic mass is 16.2. The second kappa shape index (κ2) is 8.16. The van der Waals surface area contributed by atoms with Gasteiger partial charge < -0.3 is 5.32 Å². The van der Waals surface area contributed by atoms with Crippen molar-refractivity contribution in [1.29, 1.82) is 0 Å². The lowest BCUT2D eigenvalue weighted by atomic mass is 9.99. The fourth-order valence-corrected chi connectivity index (χ4v) is 5.06. The summed E-state index contributed by atoms with van der Waals surface area (Å²) < 4.78 is 0. The standard InChI is InChI=1S/C23H28N4O4/c28-19-9-8-18(21(29)25-19)27-22(30)17-5-1-3-15(20(17)23(27)31)13-26(12-14-6-7-14)16-4-2-10-24-11-16/h1,3,5,14,16,18,24H,2,4,6-13H2,(H,25,28,29). The maximum absolute atomic E-state index is 13.4. The monoisotopic (exact) mass is 424 g/mol. The van der Waals surface area contributed by atoms with Crippen molar-refractivity contribution in [3.05, 3.63) is 34.9 Å². The number of carbonyl (C=O) groups is 4. The minimum Gasteiger partial charge on any atom is -0.315 e. The van der Waals surface area contributed by atoms with Crippen LogP contribution in [0.1, 0.15) is 64.8 Å². The number of rotatable bonds is 6. The molecule has 164 valence electrons. The van der Waals surface area contributed by atoms with E-state index in [1.165, 1.54) is 12.8 Å². The summed E-state index contributed by atoms with van der Waals surface area (Å²) in [6.45, 7) is 3.61. The molecule has 1 aromatic rings. The van der Waals surface area contributed by atoms with Gasteiger partial charge in [0.15, 0.2) is 0 Å². The van der Waals surface area contributed by atoms with E-state index in [1.54, 1.807) is 6.07 Å². The second-order valence-electron chi connectivity index (χ2n) is 9.16. The molecule has 1 aromatic carbocycles. The Kier molecular flexibility index (Phi) is 5.35. The van der Waals surface area contributed by atoms with Crippen LogP contribution in [-0.4, -0.2) is 65.1 Å². The Morgan fingerprint density at radius 3 is 2.58 bits per heavy atom. The van der Waals surface area contributed by atoms with E-state index in [9.17, 15) is 19.2 Å². The van der Waals surface area contributed by atoms with Crippen LogP contribution in [-0.2, 0) is 16.1 Å². The molecule has 1 saturated carbocycles. The van der Waals surface area contributed by atoms with Crippen LogP contribution in [0.25, 0.3) is 0 Å². The summed E-state index contributed by atoms with van der Waals surface area (Å²) in [5.41, 5.74) is 1.62. The van der Waals surface area contributed by atoms with E-state index < -0.39 is 23.8 Å². The van der Waals surface area contributed by atoms with Crippen LogP contribution in [0.15, 0.2) is 18.2 Å². The first-order valence-electron chi connectivity index (χ1n) is 11.3. The van der Waals surface area contributed by atoms with Crippen molar-refractivity contribution in [2.24, 2.45) is 5.92 Å². The molecule has 8 heteroatoms. The van der Waals surface area contributed by atoms with Crippen molar-refractivity contribution in [3.63, 3.8) is 0 Å². The number of amides is 4. The zero-order chi connectivity index (χ0) is 21.5. The molecule has 1 aliphatic carbocycles. The molecule has 2 N–H and O–H groups in total.